The van der Waals surface area contributed by atoms with Gasteiger partial charge in [0, 0.05) is 61.2 Å². The Bertz CT molecular complexity index is 3520. The second-order valence-electron chi connectivity index (χ2n) is 20.5. The van der Waals surface area contributed by atoms with E-state index in [1.807, 2.05) is 128 Å². The van der Waals surface area contributed by atoms with Gasteiger partial charge in [0.25, 0.3) is 0 Å². The minimum absolute atomic E-state index is 0.0370. The third-order valence-electron chi connectivity index (χ3n) is 13.6. The molecule has 0 saturated carbocycles. The summed E-state index contributed by atoms with van der Waals surface area (Å²) in [6.07, 6.45) is 2.03. The minimum atomic E-state index is -0.446. The highest BCUT2D eigenvalue weighted by molar-refractivity contribution is 7.79. The van der Waals surface area contributed by atoms with Gasteiger partial charge in [0.2, 0.25) is 0 Å². The van der Waals surface area contributed by atoms with Crippen molar-refractivity contribution in [1.29, 1.82) is 0 Å². The summed E-state index contributed by atoms with van der Waals surface area (Å²) in [7, 11) is 2.96. The normalized spacial score (nSPS) is 11.5. The second kappa shape index (κ2) is 46.6. The maximum Gasteiger partial charge on any atom is 0.126 e. The number of rotatable bonds is 22. The van der Waals surface area contributed by atoms with E-state index >= 15 is 0 Å². The molecule has 0 saturated heterocycles. The number of ether oxygens (including phenoxy) is 3. The Hall–Kier alpha value is -8.48. The third kappa shape index (κ3) is 30.2. The Kier molecular flexibility index (Phi) is 37.9. The van der Waals surface area contributed by atoms with Gasteiger partial charge in [0.05, 0.1) is 6.10 Å². The molecule has 0 heterocycles. The molecule has 11 aromatic rings. The number of phenols is 1. The number of aliphatic hydroxyl groups is 1. The van der Waals surface area contributed by atoms with Crippen molar-refractivity contribution in [1.82, 2.24) is 5.32 Å². The largest absolute Gasteiger partial charge is 0.508 e. The lowest BCUT2D eigenvalue weighted by atomic mass is 10.1. The number of nitrogens with two attached hydrogens (primary N) is 1. The molecule has 95 heavy (non-hydrogen) atoms. The maximum absolute atomic E-state index is 13.2. The van der Waals surface area contributed by atoms with Gasteiger partial charge in [-0.25, -0.2) is 17.6 Å². The predicted molar refractivity (Wildman–Crippen MR) is 388 cm³/mol. The monoisotopic (exact) mass is 1360 g/mol. The van der Waals surface area contributed by atoms with Gasteiger partial charge in [-0.1, -0.05) is 237 Å². The van der Waals surface area contributed by atoms with E-state index in [4.69, 9.17) is 54.1 Å². The molecule has 0 aliphatic carbocycles. The molecule has 0 spiro atoms. The number of aliphatic hydroxyl groups excluding tert-OH is 1. The molecule has 4 atom stereocenters. The van der Waals surface area contributed by atoms with E-state index in [1.165, 1.54) is 77.6 Å². The van der Waals surface area contributed by atoms with E-state index in [2.05, 4.69) is 102 Å². The van der Waals surface area contributed by atoms with Gasteiger partial charge >= 0.3 is 0 Å². The average molecular weight is 1360 g/mol. The fourth-order valence-corrected chi connectivity index (χ4v) is 12.0. The smallest absolute Gasteiger partial charge is 0.126 e. The van der Waals surface area contributed by atoms with E-state index in [-0.39, 0.29) is 41.5 Å². The number of aromatic hydroxyl groups is 1. The van der Waals surface area contributed by atoms with Crippen LogP contribution in [0.25, 0.3) is 0 Å². The highest BCUT2D eigenvalue weighted by Crippen LogP contribution is 2.33. The quantitative estimate of drug-likeness (QED) is 0.0304. The third-order valence-corrected chi connectivity index (χ3v) is 16.7. The van der Waals surface area contributed by atoms with Crippen LogP contribution in [0.3, 0.4) is 0 Å². The predicted octanol–water partition coefficient (Wildman–Crippen LogP) is 19.6. The minimum Gasteiger partial charge on any atom is -0.508 e. The van der Waals surface area contributed by atoms with Gasteiger partial charge in [-0.2, -0.15) is 0 Å². The van der Waals surface area contributed by atoms with Gasteiger partial charge < -0.3 is 35.5 Å². The molecule has 11 rings (SSSR count). The van der Waals surface area contributed by atoms with Crippen LogP contribution in [0.5, 0.6) is 23.0 Å². The number of benzene rings is 11. The number of hydrogen-bond acceptors (Lipinski definition) is 7. The molecular formula is C80H82Cl3F4N2O5P. The summed E-state index contributed by atoms with van der Waals surface area (Å²) in [5.41, 5.74) is 8.62. The lowest BCUT2D eigenvalue weighted by Crippen LogP contribution is -2.20. The van der Waals surface area contributed by atoms with Crippen molar-refractivity contribution in [3.63, 3.8) is 0 Å². The molecule has 0 aliphatic heterocycles. The lowest BCUT2D eigenvalue weighted by molar-refractivity contribution is 0.174. The topological polar surface area (TPSA) is 106 Å². The zero-order chi connectivity index (χ0) is 68.1. The first-order valence-corrected chi connectivity index (χ1v) is 33.9. The van der Waals surface area contributed by atoms with Crippen molar-refractivity contribution in [2.24, 2.45) is 5.73 Å². The summed E-state index contributed by atoms with van der Waals surface area (Å²) < 4.78 is 68.9. The summed E-state index contributed by atoms with van der Waals surface area (Å²) >= 11 is 17.1. The van der Waals surface area contributed by atoms with Gasteiger partial charge in [0.1, 0.15) is 64.6 Å². The van der Waals surface area contributed by atoms with Crippen molar-refractivity contribution < 1.29 is 42.0 Å². The maximum atomic E-state index is 13.2. The Morgan fingerprint density at radius 2 is 0.632 bits per heavy atom. The Balaban J connectivity index is 0.000000209. The molecule has 496 valence electrons. The van der Waals surface area contributed by atoms with E-state index in [0.717, 1.165) is 41.3 Å². The number of phenolic OH excluding ortho intramolecular Hbond substituents is 1. The van der Waals surface area contributed by atoms with Crippen LogP contribution in [0.15, 0.2) is 309 Å². The number of nitrogens with one attached hydrogen (secondary N) is 1. The fraction of sp³-hybridized carbons (Fsp3) is 0.175. The molecule has 15 heteroatoms. The van der Waals surface area contributed by atoms with Crippen molar-refractivity contribution in [2.75, 3.05) is 38.3 Å². The standard InChI is InChI=1S/C18H15P.C16H18FNO.2C15H14ClFO.C9H11ClO.C6H5FO.CH5N/c1-4-10-16(11-5-1)19(17-12-6-2-7-13-17)18-14-8-3-9-15-18;1-18-11-10-16(13-6-3-2-4-7-13)19-15-9-5-8-14(17)12-15;2*16-10-9-15(12-5-2-1-3-6-12)18-14-8-4-7-13(17)11-14;10-7-6-9(11)8-4-2-1-3-5-8;7-5-2-1-3-6(8)4-5;1-2/h1-15H;2-9,12,16,18H,10-11H2,1H3;2*1-8,11,15H,9-10H2;1-5,9,11H,6-7H2;1-4,8H;2H2,1H3/t;16-;2*15-;9-;;/m.0001../s1. The van der Waals surface area contributed by atoms with E-state index in [0.29, 0.717) is 54.2 Å². The van der Waals surface area contributed by atoms with Crippen LogP contribution in [0.4, 0.5) is 17.6 Å². The Morgan fingerprint density at radius 1 is 0.358 bits per heavy atom. The van der Waals surface area contributed by atoms with Gasteiger partial charge in [0.15, 0.2) is 0 Å². The van der Waals surface area contributed by atoms with Crippen LogP contribution in [0, 0.1) is 23.3 Å². The molecular weight excluding hydrogens is 1280 g/mol. The molecule has 0 amide bonds. The van der Waals surface area contributed by atoms with Crippen molar-refractivity contribution >= 4 is 58.6 Å². The van der Waals surface area contributed by atoms with Gasteiger partial charge in [-0.05, 0) is 122 Å². The first kappa shape index (κ1) is 77.2. The highest BCUT2D eigenvalue weighted by atomic mass is 35.5. The molecule has 7 nitrogen and oxygen atoms in total. The van der Waals surface area contributed by atoms with Crippen molar-refractivity contribution in [3.8, 4) is 23.0 Å². The molecule has 0 bridgehead atoms. The van der Waals surface area contributed by atoms with Crippen LogP contribution >= 0.6 is 42.7 Å². The highest BCUT2D eigenvalue weighted by Gasteiger charge is 2.17. The van der Waals surface area contributed by atoms with E-state index < -0.39 is 19.8 Å². The molecule has 11 aromatic carbocycles. The van der Waals surface area contributed by atoms with Crippen molar-refractivity contribution in [3.05, 3.63) is 355 Å². The number of halogens is 7. The van der Waals surface area contributed by atoms with Crippen LogP contribution < -0.4 is 41.2 Å². The summed E-state index contributed by atoms with van der Waals surface area (Å²) in [6.45, 7) is 0.842. The summed E-state index contributed by atoms with van der Waals surface area (Å²) in [5, 5.41) is 25.3. The Morgan fingerprint density at radius 3 is 0.895 bits per heavy atom. The van der Waals surface area contributed by atoms with Gasteiger partial charge in [-0.15, -0.1) is 34.8 Å². The van der Waals surface area contributed by atoms with Crippen molar-refractivity contribution in [2.45, 2.75) is 50.1 Å². The SMILES string of the molecule is CN.CNCC[C@H](Oc1cccc(F)c1)c1ccccc1.Fc1cccc(O[C@@H](CCCl)c2ccccc2)c1.Fc1cccc(O[C@@H](CCCl)c2ccccc2)c1.O[C@H](CCCl)c1ccccc1.Oc1cccc(F)c1.c1ccc(P(c2ccccc2)c2ccccc2)cc1. The second-order valence-corrected chi connectivity index (χ2v) is 23.9. The molecule has 0 aliphatic rings. The Labute approximate surface area is 574 Å². The molecule has 0 radical (unpaired) electrons. The molecule has 0 aromatic heterocycles. The number of alkyl halides is 3. The first-order chi connectivity index (χ1) is 46.5. The van der Waals surface area contributed by atoms with E-state index in [9.17, 15) is 22.7 Å². The zero-order valence-electron chi connectivity index (χ0n) is 53.2. The van der Waals surface area contributed by atoms with E-state index in [1.54, 1.807) is 36.4 Å². The first-order valence-electron chi connectivity index (χ1n) is 30.9. The van der Waals surface area contributed by atoms with Crippen LogP contribution in [-0.4, -0.2) is 48.5 Å². The summed E-state index contributed by atoms with van der Waals surface area (Å²) in [6, 6.07) is 95.3. The average Bonchev–Trinajstić information content (AvgIpc) is 0.992. The summed E-state index contributed by atoms with van der Waals surface area (Å²) in [5.74, 6) is 1.76. The molecule has 0 fully saturated rings. The molecule has 5 N–H and O–H groups in total. The van der Waals surface area contributed by atoms with Crippen LogP contribution in [-0.2, 0) is 0 Å². The van der Waals surface area contributed by atoms with Crippen LogP contribution in [0.1, 0.15) is 72.4 Å². The van der Waals surface area contributed by atoms with Gasteiger partial charge in [-0.3, -0.25) is 0 Å². The summed E-state index contributed by atoms with van der Waals surface area (Å²) in [4.78, 5) is 0. The van der Waals surface area contributed by atoms with Crippen LogP contribution in [0.2, 0.25) is 0 Å². The molecule has 0 unspecified atom stereocenters. The fourth-order valence-electron chi connectivity index (χ4n) is 9.07. The zero-order valence-corrected chi connectivity index (χ0v) is 56.4. The lowest BCUT2D eigenvalue weighted by Gasteiger charge is -2.19. The number of hydrogen-bond donors (Lipinski definition) is 4.